The second kappa shape index (κ2) is 7.59. The zero-order valence-corrected chi connectivity index (χ0v) is 16.8. The summed E-state index contributed by atoms with van der Waals surface area (Å²) >= 11 is 0. The van der Waals surface area contributed by atoms with E-state index in [0.29, 0.717) is 24.9 Å². The lowest BCUT2D eigenvalue weighted by Crippen LogP contribution is -2.32. The molecule has 0 atom stereocenters. The van der Waals surface area contributed by atoms with Crippen molar-refractivity contribution < 1.29 is 13.9 Å². The van der Waals surface area contributed by atoms with Gasteiger partial charge in [-0.3, -0.25) is 4.79 Å². The van der Waals surface area contributed by atoms with Gasteiger partial charge in [-0.25, -0.2) is 5.43 Å². The molecule has 0 spiro atoms. The van der Waals surface area contributed by atoms with Gasteiger partial charge in [-0.05, 0) is 82.5 Å². The highest BCUT2D eigenvalue weighted by molar-refractivity contribution is 5.84. The molecular formula is C22H29N3O3. The van der Waals surface area contributed by atoms with Crippen molar-refractivity contribution in [2.24, 2.45) is 10.8 Å². The van der Waals surface area contributed by atoms with Gasteiger partial charge in [0.15, 0.2) is 0 Å². The number of hydrogen-bond acceptors (Lipinski definition) is 5. The maximum Gasteiger partial charge on any atom is 0.240 e. The number of ether oxygens (including phenoxy) is 1. The van der Waals surface area contributed by atoms with Gasteiger partial charge < -0.3 is 14.9 Å². The fraction of sp³-hybridized carbons (Fsp3) is 0.545. The first kappa shape index (κ1) is 19.0. The maximum absolute atomic E-state index is 11.9. The molecule has 0 fully saturated rings. The van der Waals surface area contributed by atoms with E-state index >= 15 is 0 Å². The van der Waals surface area contributed by atoms with Crippen LogP contribution in [-0.2, 0) is 24.1 Å². The second-order valence-corrected chi connectivity index (χ2v) is 8.43. The topological polar surface area (TPSA) is 89.9 Å². The Hall–Kier alpha value is -2.34. The van der Waals surface area contributed by atoms with Gasteiger partial charge in [0.25, 0.3) is 0 Å². The molecule has 0 saturated heterocycles. The van der Waals surface area contributed by atoms with Crippen LogP contribution in [0.5, 0.6) is 5.75 Å². The molecule has 4 rings (SSSR count). The molecule has 0 radical (unpaired) electrons. The smallest absolute Gasteiger partial charge is 0.240 e. The maximum atomic E-state index is 11.9. The fourth-order valence-electron chi connectivity index (χ4n) is 4.13. The molecule has 1 aromatic heterocycles. The van der Waals surface area contributed by atoms with Crippen LogP contribution in [0.2, 0.25) is 0 Å². The first-order chi connectivity index (χ1) is 13.5. The SMILES string of the molecule is CC1(C)CCc2cc3c4c(/c(=N\NC(=O)CCCN)oc3cc2O1)CCCC4. The van der Waals surface area contributed by atoms with Gasteiger partial charge in [0.1, 0.15) is 16.9 Å². The molecule has 6 nitrogen and oxygen atoms in total. The van der Waals surface area contributed by atoms with Crippen LogP contribution in [0.3, 0.4) is 0 Å². The van der Waals surface area contributed by atoms with E-state index in [-0.39, 0.29) is 11.5 Å². The lowest BCUT2D eigenvalue weighted by Gasteiger charge is -2.33. The minimum atomic E-state index is -0.168. The molecule has 2 aliphatic rings. The first-order valence-corrected chi connectivity index (χ1v) is 10.3. The van der Waals surface area contributed by atoms with Crippen LogP contribution < -0.4 is 21.5 Å². The van der Waals surface area contributed by atoms with Gasteiger partial charge >= 0.3 is 0 Å². The molecule has 0 unspecified atom stereocenters. The van der Waals surface area contributed by atoms with Crippen molar-refractivity contribution in [3.63, 3.8) is 0 Å². The highest BCUT2D eigenvalue weighted by Crippen LogP contribution is 2.37. The summed E-state index contributed by atoms with van der Waals surface area (Å²) in [5, 5.41) is 5.47. The Morgan fingerprint density at radius 1 is 1.21 bits per heavy atom. The molecule has 1 aromatic carbocycles. The average molecular weight is 383 g/mol. The van der Waals surface area contributed by atoms with E-state index in [4.69, 9.17) is 14.9 Å². The summed E-state index contributed by atoms with van der Waals surface area (Å²) in [5.41, 5.74) is 12.9. The van der Waals surface area contributed by atoms with Gasteiger partial charge in [-0.1, -0.05) is 0 Å². The summed E-state index contributed by atoms with van der Waals surface area (Å²) in [6.45, 7) is 4.72. The predicted molar refractivity (Wildman–Crippen MR) is 108 cm³/mol. The van der Waals surface area contributed by atoms with Crippen LogP contribution in [0.4, 0.5) is 0 Å². The number of nitrogens with one attached hydrogen (secondary N) is 1. The summed E-state index contributed by atoms with van der Waals surface area (Å²) in [5.74, 6) is 0.752. The van der Waals surface area contributed by atoms with Gasteiger partial charge in [0.05, 0.1) is 0 Å². The number of hydrogen-bond donors (Lipinski definition) is 2. The standard InChI is InChI=1S/C22H29N3O3/c1-22(2)10-9-14-12-17-15-6-3-4-7-16(15)21(25-24-20(26)8-5-11-23)27-19(17)13-18(14)28-22/h12-13H,3-11,23H2,1-2H3,(H,24,26)/b25-21+. The molecule has 150 valence electrons. The van der Waals surface area contributed by atoms with Gasteiger partial charge in [-0.15, -0.1) is 5.10 Å². The Kier molecular flexibility index (Phi) is 5.15. The van der Waals surface area contributed by atoms with Crippen molar-refractivity contribution in [3.8, 4) is 5.75 Å². The molecule has 1 aliphatic heterocycles. The third-order valence-electron chi connectivity index (χ3n) is 5.69. The number of rotatable bonds is 4. The predicted octanol–water partition coefficient (Wildman–Crippen LogP) is 3.09. The van der Waals surface area contributed by atoms with Gasteiger partial charge in [0.2, 0.25) is 11.5 Å². The molecule has 1 amide bonds. The van der Waals surface area contributed by atoms with Crippen LogP contribution in [-0.4, -0.2) is 18.1 Å². The molecule has 28 heavy (non-hydrogen) atoms. The number of nitrogens with zero attached hydrogens (tertiary/aromatic N) is 1. The van der Waals surface area contributed by atoms with Crippen molar-refractivity contribution >= 4 is 16.9 Å². The number of benzene rings is 1. The van der Waals surface area contributed by atoms with Crippen molar-refractivity contribution in [2.75, 3.05) is 6.54 Å². The number of amides is 1. The monoisotopic (exact) mass is 383 g/mol. The Bertz CT molecular complexity index is 975. The lowest BCUT2D eigenvalue weighted by atomic mass is 9.88. The molecule has 0 saturated carbocycles. The molecule has 2 aromatic rings. The molecule has 0 bridgehead atoms. The lowest BCUT2D eigenvalue weighted by molar-refractivity contribution is -0.121. The van der Waals surface area contributed by atoms with Crippen LogP contribution >= 0.6 is 0 Å². The van der Waals surface area contributed by atoms with Gasteiger partial charge in [0, 0.05) is 23.4 Å². The van der Waals surface area contributed by atoms with E-state index in [1.807, 2.05) is 6.07 Å². The highest BCUT2D eigenvalue weighted by Gasteiger charge is 2.28. The van der Waals surface area contributed by atoms with Gasteiger partial charge in [-0.2, -0.15) is 0 Å². The summed E-state index contributed by atoms with van der Waals surface area (Å²) in [4.78, 5) is 11.9. The summed E-state index contributed by atoms with van der Waals surface area (Å²) in [7, 11) is 0. The molecule has 2 heterocycles. The Morgan fingerprint density at radius 3 is 2.79 bits per heavy atom. The third kappa shape index (κ3) is 3.78. The summed E-state index contributed by atoms with van der Waals surface area (Å²) in [6.07, 6.45) is 7.24. The highest BCUT2D eigenvalue weighted by atomic mass is 16.5. The molecule has 3 N–H and O–H groups in total. The van der Waals surface area contributed by atoms with E-state index in [2.05, 4.69) is 30.4 Å². The number of fused-ring (bicyclic) bond motifs is 4. The second-order valence-electron chi connectivity index (χ2n) is 8.43. The first-order valence-electron chi connectivity index (χ1n) is 10.3. The molecule has 6 heteroatoms. The van der Waals surface area contributed by atoms with Crippen LogP contribution in [0.1, 0.15) is 62.6 Å². The molecule has 1 aliphatic carbocycles. The quantitative estimate of drug-likeness (QED) is 0.794. The Labute approximate surface area is 165 Å². The summed E-state index contributed by atoms with van der Waals surface area (Å²) in [6, 6.07) is 4.23. The summed E-state index contributed by atoms with van der Waals surface area (Å²) < 4.78 is 12.3. The average Bonchev–Trinajstić information content (AvgIpc) is 2.68. The largest absolute Gasteiger partial charge is 0.487 e. The minimum absolute atomic E-state index is 0.138. The zero-order valence-electron chi connectivity index (χ0n) is 16.8. The van der Waals surface area contributed by atoms with E-state index in [1.165, 1.54) is 11.1 Å². The van der Waals surface area contributed by atoms with Crippen molar-refractivity contribution in [1.29, 1.82) is 0 Å². The van der Waals surface area contributed by atoms with Crippen molar-refractivity contribution in [3.05, 3.63) is 34.4 Å². The van der Waals surface area contributed by atoms with Crippen molar-refractivity contribution in [1.82, 2.24) is 5.43 Å². The number of aryl methyl sites for hydroxylation is 2. The number of nitrogens with two attached hydrogens (primary N) is 1. The number of carbonyl (C=O) groups excluding carboxylic acids is 1. The third-order valence-corrected chi connectivity index (χ3v) is 5.69. The van der Waals surface area contributed by atoms with Crippen LogP contribution in [0, 0.1) is 0 Å². The van der Waals surface area contributed by atoms with E-state index < -0.39 is 0 Å². The fourth-order valence-corrected chi connectivity index (χ4v) is 4.13. The molecular weight excluding hydrogens is 354 g/mol. The minimum Gasteiger partial charge on any atom is -0.487 e. The van der Waals surface area contributed by atoms with E-state index in [1.54, 1.807) is 0 Å². The zero-order chi connectivity index (χ0) is 19.7. The number of carbonyl (C=O) groups is 1. The Morgan fingerprint density at radius 2 is 2.00 bits per heavy atom. The van der Waals surface area contributed by atoms with E-state index in [0.717, 1.165) is 60.8 Å². The van der Waals surface area contributed by atoms with Crippen LogP contribution in [0.15, 0.2) is 21.7 Å². The normalized spacial score (nSPS) is 18.3. The van der Waals surface area contributed by atoms with Crippen LogP contribution in [0.25, 0.3) is 11.0 Å². The Balaban J connectivity index is 1.79. The van der Waals surface area contributed by atoms with E-state index in [9.17, 15) is 4.79 Å². The van der Waals surface area contributed by atoms with Crippen molar-refractivity contribution in [2.45, 2.75) is 70.8 Å².